The van der Waals surface area contributed by atoms with E-state index in [9.17, 15) is 9.90 Å². The number of fused-ring (bicyclic) bond motifs is 1. The van der Waals surface area contributed by atoms with E-state index >= 15 is 0 Å². The molecule has 3 rings (SSSR count). The topological polar surface area (TPSA) is 66.6 Å². The van der Waals surface area contributed by atoms with Crippen LogP contribution in [0.15, 0.2) is 54.9 Å². The molecule has 2 aromatic heterocycles. The molecule has 0 saturated heterocycles. The molecule has 0 spiro atoms. The summed E-state index contributed by atoms with van der Waals surface area (Å²) in [5, 5.41) is 11.9. The first-order chi connectivity index (χ1) is 9.70. The van der Waals surface area contributed by atoms with Crippen molar-refractivity contribution in [3.8, 4) is 5.75 Å². The first kappa shape index (κ1) is 12.2. The second kappa shape index (κ2) is 5.05. The van der Waals surface area contributed by atoms with E-state index in [1.165, 1.54) is 12.1 Å². The molecule has 5 heteroatoms. The third-order valence-electron chi connectivity index (χ3n) is 2.91. The number of nitrogens with zero attached hydrogens (tertiary/aromatic N) is 2. The SMILES string of the molecule is O=C(Cc1cn2ccccc2n1)Nc1ccc(O)cc1. The second-order valence-corrected chi connectivity index (χ2v) is 4.47. The summed E-state index contributed by atoms with van der Waals surface area (Å²) in [7, 11) is 0. The summed E-state index contributed by atoms with van der Waals surface area (Å²) < 4.78 is 1.88. The van der Waals surface area contributed by atoms with Gasteiger partial charge in [0.15, 0.2) is 0 Å². The van der Waals surface area contributed by atoms with E-state index in [4.69, 9.17) is 0 Å². The molecule has 5 nitrogen and oxygen atoms in total. The highest BCUT2D eigenvalue weighted by Gasteiger charge is 2.07. The smallest absolute Gasteiger partial charge is 0.230 e. The average Bonchev–Trinajstić information content (AvgIpc) is 2.83. The lowest BCUT2D eigenvalue weighted by molar-refractivity contribution is -0.115. The third kappa shape index (κ3) is 2.61. The summed E-state index contributed by atoms with van der Waals surface area (Å²) in [6.45, 7) is 0. The predicted molar refractivity (Wildman–Crippen MR) is 75.6 cm³/mol. The van der Waals surface area contributed by atoms with Gasteiger partial charge >= 0.3 is 0 Å². The molecule has 0 atom stereocenters. The Morgan fingerprint density at radius 3 is 2.75 bits per heavy atom. The Labute approximate surface area is 115 Å². The van der Waals surface area contributed by atoms with Gasteiger partial charge in [-0.1, -0.05) is 6.07 Å². The number of rotatable bonds is 3. The van der Waals surface area contributed by atoms with Crippen molar-refractivity contribution in [2.45, 2.75) is 6.42 Å². The van der Waals surface area contributed by atoms with Crippen LogP contribution in [0.25, 0.3) is 5.65 Å². The molecule has 2 heterocycles. The zero-order valence-corrected chi connectivity index (χ0v) is 10.7. The Bertz CT molecular complexity index is 714. The fourth-order valence-corrected chi connectivity index (χ4v) is 1.99. The van der Waals surface area contributed by atoms with Crippen molar-refractivity contribution in [2.24, 2.45) is 0 Å². The van der Waals surface area contributed by atoms with Crippen molar-refractivity contribution in [1.29, 1.82) is 0 Å². The van der Waals surface area contributed by atoms with Crippen LogP contribution in [-0.4, -0.2) is 20.4 Å². The van der Waals surface area contributed by atoms with Crippen LogP contribution in [0.2, 0.25) is 0 Å². The van der Waals surface area contributed by atoms with Gasteiger partial charge in [-0.2, -0.15) is 0 Å². The lowest BCUT2D eigenvalue weighted by Crippen LogP contribution is -2.14. The van der Waals surface area contributed by atoms with Crippen LogP contribution in [0.4, 0.5) is 5.69 Å². The zero-order valence-electron chi connectivity index (χ0n) is 10.7. The number of hydrogen-bond donors (Lipinski definition) is 2. The number of pyridine rings is 1. The number of nitrogens with one attached hydrogen (secondary N) is 1. The molecule has 0 aliphatic carbocycles. The standard InChI is InChI=1S/C15H13N3O2/c19-13-6-4-11(5-7-13)17-15(20)9-12-10-18-8-2-1-3-14(18)16-12/h1-8,10,19H,9H2,(H,17,20). The number of aromatic nitrogens is 2. The molecule has 0 aliphatic heterocycles. The highest BCUT2D eigenvalue weighted by atomic mass is 16.3. The number of benzene rings is 1. The van der Waals surface area contributed by atoms with Crippen molar-refractivity contribution < 1.29 is 9.90 Å². The average molecular weight is 267 g/mol. The van der Waals surface area contributed by atoms with Crippen LogP contribution in [0.1, 0.15) is 5.69 Å². The molecule has 3 aromatic rings. The Hall–Kier alpha value is -2.82. The fraction of sp³-hybridized carbons (Fsp3) is 0.0667. The summed E-state index contributed by atoms with van der Waals surface area (Å²) in [6, 6.07) is 12.1. The van der Waals surface area contributed by atoms with E-state index in [0.29, 0.717) is 11.4 Å². The van der Waals surface area contributed by atoms with E-state index in [0.717, 1.165) is 5.65 Å². The Balaban J connectivity index is 1.70. The van der Waals surface area contributed by atoms with Crippen LogP contribution >= 0.6 is 0 Å². The van der Waals surface area contributed by atoms with E-state index < -0.39 is 0 Å². The van der Waals surface area contributed by atoms with Crippen LogP contribution in [-0.2, 0) is 11.2 Å². The highest BCUT2D eigenvalue weighted by molar-refractivity contribution is 5.92. The first-order valence-corrected chi connectivity index (χ1v) is 6.22. The maximum absolute atomic E-state index is 11.9. The number of phenolic OH excluding ortho intramolecular Hbond substituents is 1. The molecule has 2 N–H and O–H groups in total. The molecule has 0 radical (unpaired) electrons. The number of carbonyl (C=O) groups excluding carboxylic acids is 1. The van der Waals surface area contributed by atoms with E-state index in [1.54, 1.807) is 12.1 Å². The normalized spacial score (nSPS) is 10.6. The Kier molecular flexibility index (Phi) is 3.09. The number of carbonyl (C=O) groups is 1. The number of anilines is 1. The fourth-order valence-electron chi connectivity index (χ4n) is 1.99. The van der Waals surface area contributed by atoms with Crippen LogP contribution in [0.5, 0.6) is 5.75 Å². The van der Waals surface area contributed by atoms with Crippen LogP contribution < -0.4 is 5.32 Å². The Morgan fingerprint density at radius 1 is 1.20 bits per heavy atom. The quantitative estimate of drug-likeness (QED) is 0.715. The summed E-state index contributed by atoms with van der Waals surface area (Å²) in [4.78, 5) is 16.3. The largest absolute Gasteiger partial charge is 0.508 e. The maximum atomic E-state index is 11.9. The van der Waals surface area contributed by atoms with Gasteiger partial charge in [0.05, 0.1) is 12.1 Å². The lowest BCUT2D eigenvalue weighted by Gasteiger charge is -2.03. The van der Waals surface area contributed by atoms with Crippen molar-refractivity contribution in [2.75, 3.05) is 5.32 Å². The molecule has 1 aromatic carbocycles. The number of amides is 1. The molecule has 1 amide bonds. The Morgan fingerprint density at radius 2 is 2.00 bits per heavy atom. The van der Waals surface area contributed by atoms with Gasteiger partial charge in [0.2, 0.25) is 5.91 Å². The molecule has 0 aliphatic rings. The maximum Gasteiger partial charge on any atom is 0.230 e. The summed E-state index contributed by atoms with van der Waals surface area (Å²) >= 11 is 0. The number of phenols is 1. The molecule has 0 unspecified atom stereocenters. The van der Waals surface area contributed by atoms with E-state index in [-0.39, 0.29) is 18.1 Å². The minimum absolute atomic E-state index is 0.140. The monoisotopic (exact) mass is 267 g/mol. The second-order valence-electron chi connectivity index (χ2n) is 4.47. The minimum Gasteiger partial charge on any atom is -0.508 e. The third-order valence-corrected chi connectivity index (χ3v) is 2.91. The first-order valence-electron chi connectivity index (χ1n) is 6.22. The molecule has 0 fully saturated rings. The van der Waals surface area contributed by atoms with Gasteiger partial charge in [-0.05, 0) is 36.4 Å². The van der Waals surface area contributed by atoms with Gasteiger partial charge in [-0.25, -0.2) is 4.98 Å². The van der Waals surface area contributed by atoms with Crippen LogP contribution in [0, 0.1) is 0 Å². The van der Waals surface area contributed by atoms with Crippen molar-refractivity contribution in [1.82, 2.24) is 9.38 Å². The molecule has 0 bridgehead atoms. The minimum atomic E-state index is -0.140. The number of hydrogen-bond acceptors (Lipinski definition) is 3. The summed E-state index contributed by atoms with van der Waals surface area (Å²) in [5.41, 5.74) is 2.18. The molecule has 0 saturated carbocycles. The van der Waals surface area contributed by atoms with Gasteiger partial charge < -0.3 is 14.8 Å². The number of aromatic hydroxyl groups is 1. The van der Waals surface area contributed by atoms with Gasteiger partial charge in [0, 0.05) is 18.1 Å². The van der Waals surface area contributed by atoms with Gasteiger partial charge in [-0.15, -0.1) is 0 Å². The highest BCUT2D eigenvalue weighted by Crippen LogP contribution is 2.14. The van der Waals surface area contributed by atoms with Gasteiger partial charge in [-0.3, -0.25) is 4.79 Å². The predicted octanol–water partition coefficient (Wildman–Crippen LogP) is 2.22. The van der Waals surface area contributed by atoms with Crippen LogP contribution in [0.3, 0.4) is 0 Å². The summed E-state index contributed by atoms with van der Waals surface area (Å²) in [6.07, 6.45) is 3.94. The van der Waals surface area contributed by atoms with E-state index in [2.05, 4.69) is 10.3 Å². The van der Waals surface area contributed by atoms with Crippen molar-refractivity contribution >= 4 is 17.2 Å². The number of imidazole rings is 1. The van der Waals surface area contributed by atoms with Crippen molar-refractivity contribution in [3.05, 3.63) is 60.6 Å². The molecular formula is C15H13N3O2. The van der Waals surface area contributed by atoms with E-state index in [1.807, 2.05) is 35.0 Å². The zero-order chi connectivity index (χ0) is 13.9. The van der Waals surface area contributed by atoms with Crippen molar-refractivity contribution in [3.63, 3.8) is 0 Å². The van der Waals surface area contributed by atoms with Gasteiger partial charge in [0.1, 0.15) is 11.4 Å². The molecular weight excluding hydrogens is 254 g/mol. The molecule has 100 valence electrons. The summed E-state index contributed by atoms with van der Waals surface area (Å²) in [5.74, 6) is 0.0300. The molecule has 20 heavy (non-hydrogen) atoms. The lowest BCUT2D eigenvalue weighted by atomic mass is 10.2. The van der Waals surface area contributed by atoms with Gasteiger partial charge in [0.25, 0.3) is 0 Å².